The van der Waals surface area contributed by atoms with Crippen molar-refractivity contribution in [1.82, 2.24) is 10.6 Å². The maximum Gasteiger partial charge on any atom is 0.128 e. The molecule has 0 radical (unpaired) electrons. The quantitative estimate of drug-likeness (QED) is 0.824. The van der Waals surface area contributed by atoms with E-state index in [9.17, 15) is 8.78 Å². The van der Waals surface area contributed by atoms with Crippen LogP contribution in [0.3, 0.4) is 0 Å². The second-order valence-corrected chi connectivity index (χ2v) is 4.78. The number of rotatable bonds is 5. The summed E-state index contributed by atoms with van der Waals surface area (Å²) in [6.07, 6.45) is 2.07. The molecule has 1 saturated carbocycles. The van der Waals surface area contributed by atoms with Crippen molar-refractivity contribution < 1.29 is 8.78 Å². The molecule has 0 heterocycles. The van der Waals surface area contributed by atoms with Crippen LogP contribution in [0.1, 0.15) is 24.4 Å². The SMILES string of the molecule is CNCC1(C(NC)c2cc(F)ccc2F)CC1. The molecule has 94 valence electrons. The van der Waals surface area contributed by atoms with Gasteiger partial charge in [-0.05, 0) is 45.1 Å². The van der Waals surface area contributed by atoms with E-state index in [0.717, 1.165) is 25.5 Å². The highest BCUT2D eigenvalue weighted by atomic mass is 19.1. The maximum atomic E-state index is 13.8. The van der Waals surface area contributed by atoms with E-state index in [0.29, 0.717) is 5.56 Å². The molecule has 0 saturated heterocycles. The van der Waals surface area contributed by atoms with Crippen LogP contribution in [0.5, 0.6) is 0 Å². The molecule has 4 heteroatoms. The Hall–Kier alpha value is -1.00. The summed E-state index contributed by atoms with van der Waals surface area (Å²) in [5.74, 6) is -0.727. The Bertz CT molecular complexity index is 402. The summed E-state index contributed by atoms with van der Waals surface area (Å²) in [7, 11) is 3.68. The summed E-state index contributed by atoms with van der Waals surface area (Å²) in [6.45, 7) is 0.814. The van der Waals surface area contributed by atoms with E-state index in [1.54, 1.807) is 7.05 Å². The summed E-state index contributed by atoms with van der Waals surface area (Å²) in [5.41, 5.74) is 0.457. The molecular weight excluding hydrogens is 222 g/mol. The minimum atomic E-state index is -0.387. The van der Waals surface area contributed by atoms with Gasteiger partial charge in [-0.15, -0.1) is 0 Å². The number of nitrogens with one attached hydrogen (secondary N) is 2. The van der Waals surface area contributed by atoms with E-state index in [4.69, 9.17) is 0 Å². The molecule has 0 amide bonds. The van der Waals surface area contributed by atoms with Crippen molar-refractivity contribution in [3.63, 3.8) is 0 Å². The van der Waals surface area contributed by atoms with E-state index in [1.165, 1.54) is 12.1 Å². The number of halogens is 2. The van der Waals surface area contributed by atoms with Crippen molar-refractivity contribution in [1.29, 1.82) is 0 Å². The third-order valence-electron chi connectivity index (χ3n) is 3.59. The Morgan fingerprint density at radius 3 is 2.53 bits per heavy atom. The van der Waals surface area contributed by atoms with Gasteiger partial charge in [-0.1, -0.05) is 0 Å². The van der Waals surface area contributed by atoms with E-state index in [2.05, 4.69) is 10.6 Å². The van der Waals surface area contributed by atoms with Crippen LogP contribution in [-0.4, -0.2) is 20.6 Å². The highest BCUT2D eigenvalue weighted by Crippen LogP contribution is 2.54. The van der Waals surface area contributed by atoms with Crippen LogP contribution in [-0.2, 0) is 0 Å². The van der Waals surface area contributed by atoms with Gasteiger partial charge in [0.15, 0.2) is 0 Å². The third-order valence-corrected chi connectivity index (χ3v) is 3.59. The highest BCUT2D eigenvalue weighted by molar-refractivity contribution is 5.27. The predicted octanol–water partition coefficient (Wildman–Crippen LogP) is 2.22. The first kappa shape index (κ1) is 12.5. The topological polar surface area (TPSA) is 24.1 Å². The first-order chi connectivity index (χ1) is 8.13. The summed E-state index contributed by atoms with van der Waals surface area (Å²) in [4.78, 5) is 0. The van der Waals surface area contributed by atoms with Crippen LogP contribution in [0.25, 0.3) is 0 Å². The minimum Gasteiger partial charge on any atom is -0.319 e. The number of benzene rings is 1. The van der Waals surface area contributed by atoms with Gasteiger partial charge in [-0.2, -0.15) is 0 Å². The van der Waals surface area contributed by atoms with Crippen LogP contribution in [0.15, 0.2) is 18.2 Å². The lowest BCUT2D eigenvalue weighted by atomic mass is 9.89. The van der Waals surface area contributed by atoms with Gasteiger partial charge in [-0.3, -0.25) is 0 Å². The Morgan fingerprint density at radius 2 is 2.00 bits per heavy atom. The first-order valence-corrected chi connectivity index (χ1v) is 5.90. The fourth-order valence-corrected chi connectivity index (χ4v) is 2.61. The number of hydrogen-bond donors (Lipinski definition) is 2. The van der Waals surface area contributed by atoms with Crippen molar-refractivity contribution in [2.75, 3.05) is 20.6 Å². The first-order valence-electron chi connectivity index (χ1n) is 5.90. The lowest BCUT2D eigenvalue weighted by Crippen LogP contribution is -2.34. The molecule has 2 nitrogen and oxygen atoms in total. The molecule has 2 N–H and O–H groups in total. The van der Waals surface area contributed by atoms with Gasteiger partial charge in [-0.25, -0.2) is 8.78 Å². The summed E-state index contributed by atoms with van der Waals surface area (Å²) in [6, 6.07) is 3.52. The summed E-state index contributed by atoms with van der Waals surface area (Å²) < 4.78 is 27.0. The lowest BCUT2D eigenvalue weighted by Gasteiger charge is -2.27. The van der Waals surface area contributed by atoms with Gasteiger partial charge in [0.25, 0.3) is 0 Å². The molecule has 17 heavy (non-hydrogen) atoms. The normalized spacial score (nSPS) is 19.1. The molecule has 2 rings (SSSR count). The van der Waals surface area contributed by atoms with Gasteiger partial charge in [0.2, 0.25) is 0 Å². The Kier molecular flexibility index (Phi) is 3.45. The van der Waals surface area contributed by atoms with Gasteiger partial charge in [0, 0.05) is 23.6 Å². The van der Waals surface area contributed by atoms with Crippen LogP contribution in [0, 0.1) is 17.0 Å². The van der Waals surface area contributed by atoms with Crippen LogP contribution < -0.4 is 10.6 Å². The third kappa shape index (κ3) is 2.33. The molecule has 0 spiro atoms. The second kappa shape index (κ2) is 4.70. The molecule has 0 aliphatic heterocycles. The molecule has 1 unspecified atom stereocenters. The molecule has 1 aromatic rings. The molecule has 1 aliphatic rings. The second-order valence-electron chi connectivity index (χ2n) is 4.78. The van der Waals surface area contributed by atoms with Crippen molar-refractivity contribution in [3.8, 4) is 0 Å². The number of hydrogen-bond acceptors (Lipinski definition) is 2. The van der Waals surface area contributed by atoms with Crippen LogP contribution >= 0.6 is 0 Å². The Labute approximate surface area is 100 Å². The van der Waals surface area contributed by atoms with Gasteiger partial charge < -0.3 is 10.6 Å². The predicted molar refractivity (Wildman–Crippen MR) is 63.8 cm³/mol. The fourth-order valence-electron chi connectivity index (χ4n) is 2.61. The Balaban J connectivity index is 2.32. The fraction of sp³-hybridized carbons (Fsp3) is 0.538. The van der Waals surface area contributed by atoms with Crippen LogP contribution in [0.4, 0.5) is 8.78 Å². The van der Waals surface area contributed by atoms with E-state index in [1.807, 2.05) is 7.05 Å². The zero-order valence-electron chi connectivity index (χ0n) is 10.2. The standard InChI is InChI=1S/C13H18F2N2/c1-16-8-13(5-6-13)12(17-2)10-7-9(14)3-4-11(10)15/h3-4,7,12,16-17H,5-6,8H2,1-2H3. The minimum absolute atomic E-state index is 0.0259. The molecule has 0 aromatic heterocycles. The molecule has 1 aromatic carbocycles. The Morgan fingerprint density at radius 1 is 1.29 bits per heavy atom. The van der Waals surface area contributed by atoms with E-state index in [-0.39, 0.29) is 23.1 Å². The van der Waals surface area contributed by atoms with Crippen molar-refractivity contribution in [2.24, 2.45) is 5.41 Å². The molecule has 0 bridgehead atoms. The molecule has 1 fully saturated rings. The molecule has 1 aliphatic carbocycles. The lowest BCUT2D eigenvalue weighted by molar-refractivity contribution is 0.336. The molecule has 1 atom stereocenters. The van der Waals surface area contributed by atoms with Crippen molar-refractivity contribution in [2.45, 2.75) is 18.9 Å². The van der Waals surface area contributed by atoms with Crippen molar-refractivity contribution >= 4 is 0 Å². The van der Waals surface area contributed by atoms with Crippen molar-refractivity contribution in [3.05, 3.63) is 35.4 Å². The summed E-state index contributed by atoms with van der Waals surface area (Å²) >= 11 is 0. The molecular formula is C13H18F2N2. The monoisotopic (exact) mass is 240 g/mol. The van der Waals surface area contributed by atoms with E-state index >= 15 is 0 Å². The zero-order chi connectivity index (χ0) is 12.5. The largest absolute Gasteiger partial charge is 0.319 e. The average Bonchev–Trinajstić information content (AvgIpc) is 3.05. The summed E-state index contributed by atoms with van der Waals surface area (Å²) in [5, 5.41) is 6.26. The van der Waals surface area contributed by atoms with Gasteiger partial charge in [0.05, 0.1) is 0 Å². The maximum absolute atomic E-state index is 13.8. The smallest absolute Gasteiger partial charge is 0.128 e. The highest BCUT2D eigenvalue weighted by Gasteiger charge is 2.49. The van der Waals surface area contributed by atoms with Gasteiger partial charge >= 0.3 is 0 Å². The van der Waals surface area contributed by atoms with E-state index < -0.39 is 0 Å². The van der Waals surface area contributed by atoms with Crippen LogP contribution in [0.2, 0.25) is 0 Å². The zero-order valence-corrected chi connectivity index (χ0v) is 10.2. The average molecular weight is 240 g/mol. The van der Waals surface area contributed by atoms with Gasteiger partial charge in [0.1, 0.15) is 11.6 Å².